The number of aryl methyl sites for hydroxylation is 1. The van der Waals surface area contributed by atoms with Crippen molar-refractivity contribution in [1.82, 2.24) is 14.1 Å². The third kappa shape index (κ3) is 4.00. The summed E-state index contributed by atoms with van der Waals surface area (Å²) in [5.74, 6) is -4.54. The fourth-order valence-electron chi connectivity index (χ4n) is 3.82. The molecule has 1 aromatic carbocycles. The van der Waals surface area contributed by atoms with Crippen LogP contribution in [0.1, 0.15) is 16.7 Å². The Hall–Kier alpha value is -3.94. The summed E-state index contributed by atoms with van der Waals surface area (Å²) in [6.45, 7) is 0.995. The molecule has 1 aliphatic rings. The van der Waals surface area contributed by atoms with Gasteiger partial charge in [0.05, 0.1) is 36.6 Å². The summed E-state index contributed by atoms with van der Waals surface area (Å²) in [6.07, 6.45) is 1.21. The Morgan fingerprint density at radius 3 is 2.36 bits per heavy atom. The topological polar surface area (TPSA) is 83.9 Å². The molecule has 0 N–H and O–H groups in total. The van der Waals surface area contributed by atoms with Gasteiger partial charge in [-0.25, -0.2) is 26.9 Å². The molecule has 1 fully saturated rings. The smallest absolute Gasteiger partial charge is 0.338 e. The Balaban J connectivity index is 2.01. The van der Waals surface area contributed by atoms with Crippen LogP contribution in [-0.2, 0) is 13.0 Å². The predicted octanol–water partition coefficient (Wildman–Crippen LogP) is 2.39. The van der Waals surface area contributed by atoms with Crippen molar-refractivity contribution in [3.8, 4) is 11.8 Å². The van der Waals surface area contributed by atoms with E-state index in [-0.39, 0.29) is 42.1 Å². The summed E-state index contributed by atoms with van der Waals surface area (Å²) in [5, 5.41) is 9.31. The number of alkyl halides is 1. The molecular formula is C22H17F4N5O2. The van der Waals surface area contributed by atoms with Crippen LogP contribution in [0.4, 0.5) is 23.4 Å². The van der Waals surface area contributed by atoms with Gasteiger partial charge >= 0.3 is 5.69 Å². The van der Waals surface area contributed by atoms with Crippen molar-refractivity contribution in [2.75, 3.05) is 18.0 Å². The molecule has 7 nitrogen and oxygen atoms in total. The highest BCUT2D eigenvalue weighted by Crippen LogP contribution is 2.27. The van der Waals surface area contributed by atoms with Crippen molar-refractivity contribution in [1.29, 1.82) is 5.26 Å². The van der Waals surface area contributed by atoms with E-state index >= 15 is 0 Å². The zero-order valence-electron chi connectivity index (χ0n) is 17.4. The van der Waals surface area contributed by atoms with E-state index in [1.54, 1.807) is 6.92 Å². The number of pyridine rings is 1. The lowest BCUT2D eigenvalue weighted by Gasteiger charge is -2.38. The molecule has 4 rings (SSSR count). The van der Waals surface area contributed by atoms with E-state index in [1.807, 2.05) is 6.07 Å². The first-order chi connectivity index (χ1) is 15.7. The number of nitriles is 1. The summed E-state index contributed by atoms with van der Waals surface area (Å²) >= 11 is 0. The first-order valence-corrected chi connectivity index (χ1v) is 9.91. The number of benzene rings is 1. The maximum Gasteiger partial charge on any atom is 0.338 e. The lowest BCUT2D eigenvalue weighted by Crippen LogP contribution is -2.53. The van der Waals surface area contributed by atoms with Crippen LogP contribution in [0.2, 0.25) is 0 Å². The average Bonchev–Trinajstić information content (AvgIpc) is 2.74. The van der Waals surface area contributed by atoms with E-state index in [4.69, 9.17) is 0 Å². The van der Waals surface area contributed by atoms with Gasteiger partial charge in [-0.3, -0.25) is 14.3 Å². The molecule has 0 atom stereocenters. The molecule has 0 spiro atoms. The summed E-state index contributed by atoms with van der Waals surface area (Å²) in [7, 11) is 0. The lowest BCUT2D eigenvalue weighted by atomic mass is 10.0. The number of halogens is 4. The van der Waals surface area contributed by atoms with Crippen molar-refractivity contribution in [2.24, 2.45) is 0 Å². The highest BCUT2D eigenvalue weighted by molar-refractivity contribution is 5.53. The zero-order chi connectivity index (χ0) is 23.9. The standard InChI is InChI=1S/C22H17F4N5O2/c1-12-4-15(9-28-8-12)31-21(32)16(5-13-6-17(24)19(26)18(25)7-13)20(29-10-14(23)11-29)30(3-2-27)22(31)33/h4,6-9,14H,3,5,10-11H2,1H3. The quantitative estimate of drug-likeness (QED) is 0.432. The van der Waals surface area contributed by atoms with Gasteiger partial charge < -0.3 is 4.90 Å². The largest absolute Gasteiger partial charge is 0.351 e. The lowest BCUT2D eigenvalue weighted by molar-refractivity contribution is 0.271. The fourth-order valence-corrected chi connectivity index (χ4v) is 3.82. The summed E-state index contributed by atoms with van der Waals surface area (Å²) in [5.41, 5.74) is -1.03. The van der Waals surface area contributed by atoms with Crippen LogP contribution in [0, 0.1) is 35.7 Å². The molecule has 11 heteroatoms. The third-order valence-corrected chi connectivity index (χ3v) is 5.32. The third-order valence-electron chi connectivity index (χ3n) is 5.32. The molecule has 0 unspecified atom stereocenters. The van der Waals surface area contributed by atoms with Gasteiger partial charge in [0.15, 0.2) is 17.5 Å². The number of anilines is 1. The van der Waals surface area contributed by atoms with Crippen LogP contribution in [0.5, 0.6) is 0 Å². The molecule has 170 valence electrons. The van der Waals surface area contributed by atoms with Gasteiger partial charge in [-0.15, -0.1) is 0 Å². The molecule has 0 bridgehead atoms. The van der Waals surface area contributed by atoms with Crippen molar-refractivity contribution < 1.29 is 17.6 Å². The van der Waals surface area contributed by atoms with Gasteiger partial charge in [-0.2, -0.15) is 5.26 Å². The van der Waals surface area contributed by atoms with Gasteiger partial charge in [0.25, 0.3) is 5.56 Å². The molecule has 1 saturated heterocycles. The first-order valence-electron chi connectivity index (χ1n) is 9.91. The van der Waals surface area contributed by atoms with E-state index < -0.39 is 41.4 Å². The molecule has 2 aromatic heterocycles. The Morgan fingerprint density at radius 1 is 1.12 bits per heavy atom. The summed E-state index contributed by atoms with van der Waals surface area (Å²) in [4.78, 5) is 32.2. The number of aromatic nitrogens is 3. The molecule has 3 aromatic rings. The van der Waals surface area contributed by atoms with Crippen LogP contribution in [0.3, 0.4) is 0 Å². The second kappa shape index (κ2) is 8.54. The highest BCUT2D eigenvalue weighted by atomic mass is 19.2. The highest BCUT2D eigenvalue weighted by Gasteiger charge is 2.33. The summed E-state index contributed by atoms with van der Waals surface area (Å²) in [6, 6.07) is 4.87. The second-order valence-electron chi connectivity index (χ2n) is 7.74. The zero-order valence-corrected chi connectivity index (χ0v) is 17.4. The van der Waals surface area contributed by atoms with Gasteiger partial charge in [0.1, 0.15) is 18.5 Å². The maximum absolute atomic E-state index is 13.8. The van der Waals surface area contributed by atoms with Gasteiger partial charge in [0.2, 0.25) is 0 Å². The van der Waals surface area contributed by atoms with Crippen LogP contribution < -0.4 is 16.1 Å². The van der Waals surface area contributed by atoms with Crippen LogP contribution >= 0.6 is 0 Å². The van der Waals surface area contributed by atoms with Crippen LogP contribution in [-0.4, -0.2) is 33.4 Å². The Kier molecular flexibility index (Phi) is 5.76. The molecule has 3 heterocycles. The molecule has 33 heavy (non-hydrogen) atoms. The first kappa shape index (κ1) is 22.3. The SMILES string of the molecule is Cc1cncc(-n2c(=O)c(Cc3cc(F)c(F)c(F)c3)c(N3CC(F)C3)n(CC#N)c2=O)c1. The van der Waals surface area contributed by atoms with Crippen molar-refractivity contribution in [3.63, 3.8) is 0 Å². The van der Waals surface area contributed by atoms with E-state index in [1.165, 1.54) is 23.4 Å². The van der Waals surface area contributed by atoms with E-state index in [0.717, 1.165) is 21.3 Å². The Morgan fingerprint density at radius 2 is 1.79 bits per heavy atom. The number of hydrogen-bond acceptors (Lipinski definition) is 5. The monoisotopic (exact) mass is 459 g/mol. The van der Waals surface area contributed by atoms with Gasteiger partial charge in [0, 0.05) is 12.6 Å². The Labute approximate surface area is 184 Å². The van der Waals surface area contributed by atoms with Crippen molar-refractivity contribution in [2.45, 2.75) is 26.1 Å². The second-order valence-corrected chi connectivity index (χ2v) is 7.74. The molecule has 0 aliphatic carbocycles. The minimum Gasteiger partial charge on any atom is -0.351 e. The number of hydrogen-bond donors (Lipinski definition) is 0. The van der Waals surface area contributed by atoms with Crippen LogP contribution in [0.25, 0.3) is 5.69 Å². The van der Waals surface area contributed by atoms with E-state index in [2.05, 4.69) is 4.98 Å². The molecule has 0 amide bonds. The molecule has 1 aliphatic heterocycles. The van der Waals surface area contributed by atoms with E-state index in [9.17, 15) is 32.4 Å². The minimum atomic E-state index is -1.65. The minimum absolute atomic E-state index is 0.0116. The molecule has 0 radical (unpaired) electrons. The Bertz CT molecular complexity index is 1380. The van der Waals surface area contributed by atoms with Gasteiger partial charge in [-0.05, 0) is 36.2 Å². The normalized spacial score (nSPS) is 13.6. The molecular weight excluding hydrogens is 442 g/mol. The average molecular weight is 459 g/mol. The van der Waals surface area contributed by atoms with Crippen molar-refractivity contribution >= 4 is 5.82 Å². The number of nitrogens with zero attached hydrogens (tertiary/aromatic N) is 5. The summed E-state index contributed by atoms with van der Waals surface area (Å²) < 4.78 is 56.5. The predicted molar refractivity (Wildman–Crippen MR) is 111 cm³/mol. The van der Waals surface area contributed by atoms with Crippen molar-refractivity contribution in [3.05, 3.63) is 85.6 Å². The van der Waals surface area contributed by atoms with Gasteiger partial charge in [-0.1, -0.05) is 0 Å². The number of rotatable bonds is 5. The van der Waals surface area contributed by atoms with E-state index in [0.29, 0.717) is 5.56 Å². The van der Waals surface area contributed by atoms with Crippen LogP contribution in [0.15, 0.2) is 40.2 Å². The fraction of sp³-hybridized carbons (Fsp3) is 0.273. The maximum atomic E-state index is 13.8. The molecule has 0 saturated carbocycles.